The highest BCUT2D eigenvalue weighted by Gasteiger charge is 2.35. The molecule has 102 valence electrons. The van der Waals surface area contributed by atoms with Gasteiger partial charge in [-0.05, 0) is 46.6 Å². The highest BCUT2D eigenvalue weighted by atomic mass is 32.1. The first-order valence-electron chi connectivity index (χ1n) is 6.92. The van der Waals surface area contributed by atoms with Crippen LogP contribution < -0.4 is 5.32 Å². The summed E-state index contributed by atoms with van der Waals surface area (Å²) in [5.74, 6) is 0. The fourth-order valence-electron chi connectivity index (χ4n) is 2.44. The van der Waals surface area contributed by atoms with Gasteiger partial charge < -0.3 is 10.1 Å². The summed E-state index contributed by atoms with van der Waals surface area (Å²) in [7, 11) is 0. The van der Waals surface area contributed by atoms with Gasteiger partial charge in [-0.1, -0.05) is 6.92 Å². The van der Waals surface area contributed by atoms with Gasteiger partial charge in [0.25, 0.3) is 0 Å². The van der Waals surface area contributed by atoms with Crippen LogP contribution in [0.25, 0.3) is 0 Å². The zero-order valence-corrected chi connectivity index (χ0v) is 12.7. The quantitative estimate of drug-likeness (QED) is 0.887. The topological polar surface area (TPSA) is 34.1 Å². The van der Waals surface area contributed by atoms with Gasteiger partial charge in [0.05, 0.1) is 5.69 Å². The summed E-state index contributed by atoms with van der Waals surface area (Å²) in [5, 5.41) is 4.69. The molecule has 0 aromatic carbocycles. The summed E-state index contributed by atoms with van der Waals surface area (Å²) in [4.78, 5) is 6.10. The van der Waals surface area contributed by atoms with E-state index >= 15 is 0 Å². The Bertz CT molecular complexity index is 396. The molecule has 2 unspecified atom stereocenters. The van der Waals surface area contributed by atoms with Crippen molar-refractivity contribution in [2.24, 2.45) is 0 Å². The smallest absolute Gasteiger partial charge is 0.125 e. The van der Waals surface area contributed by atoms with Gasteiger partial charge >= 0.3 is 0 Å². The Morgan fingerprint density at radius 2 is 2.33 bits per heavy atom. The molecule has 0 amide bonds. The van der Waals surface area contributed by atoms with Crippen LogP contribution in [0.1, 0.15) is 61.7 Å². The lowest BCUT2D eigenvalue weighted by atomic mass is 10.0. The molecule has 1 fully saturated rings. The SMILES string of the molecule is CCCNC(C)c1sc(C2(C)CCCO2)nc1C. The van der Waals surface area contributed by atoms with Crippen molar-refractivity contribution >= 4 is 11.3 Å². The first-order valence-corrected chi connectivity index (χ1v) is 7.73. The van der Waals surface area contributed by atoms with E-state index in [4.69, 9.17) is 9.72 Å². The summed E-state index contributed by atoms with van der Waals surface area (Å²) < 4.78 is 5.88. The fraction of sp³-hybridized carbons (Fsp3) is 0.786. The second-order valence-corrected chi connectivity index (χ2v) is 6.36. The number of aromatic nitrogens is 1. The van der Waals surface area contributed by atoms with Gasteiger partial charge in [0.15, 0.2) is 0 Å². The predicted octanol–water partition coefficient (Wildman–Crippen LogP) is 3.54. The minimum Gasteiger partial charge on any atom is -0.368 e. The van der Waals surface area contributed by atoms with Crippen LogP contribution in [0, 0.1) is 6.92 Å². The average Bonchev–Trinajstić information content (AvgIpc) is 2.94. The summed E-state index contributed by atoms with van der Waals surface area (Å²) in [5.41, 5.74) is 1.01. The van der Waals surface area contributed by atoms with Crippen LogP contribution >= 0.6 is 11.3 Å². The molecule has 3 nitrogen and oxygen atoms in total. The molecule has 4 heteroatoms. The minimum absolute atomic E-state index is 0.141. The molecule has 1 aromatic heterocycles. The van der Waals surface area contributed by atoms with Crippen molar-refractivity contribution in [2.75, 3.05) is 13.2 Å². The van der Waals surface area contributed by atoms with Crippen molar-refractivity contribution in [3.05, 3.63) is 15.6 Å². The van der Waals surface area contributed by atoms with Gasteiger partial charge in [-0.2, -0.15) is 0 Å². The Morgan fingerprint density at radius 1 is 1.56 bits per heavy atom. The number of hydrogen-bond donors (Lipinski definition) is 1. The van der Waals surface area contributed by atoms with E-state index < -0.39 is 0 Å². The number of hydrogen-bond acceptors (Lipinski definition) is 4. The molecule has 2 heterocycles. The Balaban J connectivity index is 2.16. The lowest BCUT2D eigenvalue weighted by molar-refractivity contribution is 0.0166. The maximum atomic E-state index is 5.88. The number of aryl methyl sites for hydroxylation is 1. The van der Waals surface area contributed by atoms with Crippen LogP contribution in [-0.4, -0.2) is 18.1 Å². The molecule has 0 aliphatic carbocycles. The summed E-state index contributed by atoms with van der Waals surface area (Å²) >= 11 is 1.82. The normalized spacial score (nSPS) is 25.6. The second kappa shape index (κ2) is 5.68. The Hall–Kier alpha value is -0.450. The highest BCUT2D eigenvalue weighted by Crippen LogP contribution is 2.39. The molecule has 0 bridgehead atoms. The predicted molar refractivity (Wildman–Crippen MR) is 76.1 cm³/mol. The van der Waals surface area contributed by atoms with E-state index in [1.165, 1.54) is 4.88 Å². The zero-order chi connectivity index (χ0) is 13.2. The van der Waals surface area contributed by atoms with E-state index in [0.717, 1.165) is 43.1 Å². The van der Waals surface area contributed by atoms with E-state index in [1.54, 1.807) is 0 Å². The Morgan fingerprint density at radius 3 is 2.94 bits per heavy atom. The molecule has 1 N–H and O–H groups in total. The van der Waals surface area contributed by atoms with Crippen LogP contribution in [0.15, 0.2) is 0 Å². The van der Waals surface area contributed by atoms with Crippen LogP contribution in [0.4, 0.5) is 0 Å². The molecular weight excluding hydrogens is 244 g/mol. The molecule has 1 saturated heterocycles. The largest absolute Gasteiger partial charge is 0.368 e. The van der Waals surface area contributed by atoms with Crippen molar-refractivity contribution in [3.63, 3.8) is 0 Å². The summed E-state index contributed by atoms with van der Waals surface area (Å²) in [6.07, 6.45) is 3.40. The minimum atomic E-state index is -0.141. The van der Waals surface area contributed by atoms with Crippen LogP contribution in [0.5, 0.6) is 0 Å². The number of thiazole rings is 1. The monoisotopic (exact) mass is 268 g/mol. The summed E-state index contributed by atoms with van der Waals surface area (Å²) in [6, 6.07) is 0.390. The number of nitrogens with one attached hydrogen (secondary N) is 1. The van der Waals surface area contributed by atoms with E-state index in [-0.39, 0.29) is 5.60 Å². The van der Waals surface area contributed by atoms with Crippen LogP contribution in [-0.2, 0) is 10.3 Å². The van der Waals surface area contributed by atoms with E-state index in [2.05, 4.69) is 33.0 Å². The number of ether oxygens (including phenoxy) is 1. The first-order chi connectivity index (χ1) is 8.57. The molecule has 1 aromatic rings. The van der Waals surface area contributed by atoms with E-state index in [9.17, 15) is 0 Å². The first kappa shape index (κ1) is 14.0. The lowest BCUT2D eigenvalue weighted by Gasteiger charge is -2.19. The van der Waals surface area contributed by atoms with Gasteiger partial charge in [-0.3, -0.25) is 0 Å². The third-order valence-corrected chi connectivity index (χ3v) is 5.18. The van der Waals surface area contributed by atoms with Crippen molar-refractivity contribution in [3.8, 4) is 0 Å². The van der Waals surface area contributed by atoms with Gasteiger partial charge in [-0.25, -0.2) is 4.98 Å². The molecular formula is C14H24N2OS. The zero-order valence-electron chi connectivity index (χ0n) is 11.9. The van der Waals surface area contributed by atoms with Crippen molar-refractivity contribution in [1.82, 2.24) is 10.3 Å². The number of rotatable bonds is 5. The maximum absolute atomic E-state index is 5.88. The van der Waals surface area contributed by atoms with Gasteiger partial charge in [0, 0.05) is 17.5 Å². The molecule has 0 saturated carbocycles. The van der Waals surface area contributed by atoms with Gasteiger partial charge in [0.2, 0.25) is 0 Å². The van der Waals surface area contributed by atoms with Crippen molar-refractivity contribution < 1.29 is 4.74 Å². The fourth-order valence-corrected chi connectivity index (χ4v) is 3.66. The van der Waals surface area contributed by atoms with E-state index in [1.807, 2.05) is 11.3 Å². The van der Waals surface area contributed by atoms with Crippen molar-refractivity contribution in [2.45, 2.75) is 58.6 Å². The third-order valence-electron chi connectivity index (χ3n) is 3.60. The second-order valence-electron chi connectivity index (χ2n) is 5.33. The standard InChI is InChI=1S/C14H24N2OS/c1-5-8-15-10(2)12-11(3)16-13(18-12)14(4)7-6-9-17-14/h10,15H,5-9H2,1-4H3. The molecule has 1 aliphatic heterocycles. The summed E-state index contributed by atoms with van der Waals surface area (Å²) in [6.45, 7) is 10.6. The lowest BCUT2D eigenvalue weighted by Crippen LogP contribution is -2.19. The molecule has 18 heavy (non-hydrogen) atoms. The van der Waals surface area contributed by atoms with Gasteiger partial charge in [-0.15, -0.1) is 11.3 Å². The van der Waals surface area contributed by atoms with Crippen LogP contribution in [0.3, 0.4) is 0 Å². The molecule has 2 rings (SSSR count). The van der Waals surface area contributed by atoms with Crippen LogP contribution in [0.2, 0.25) is 0 Å². The third kappa shape index (κ3) is 2.76. The molecule has 0 spiro atoms. The van der Waals surface area contributed by atoms with Crippen molar-refractivity contribution in [1.29, 1.82) is 0 Å². The Kier molecular flexibility index (Phi) is 4.41. The Labute approximate surface area is 114 Å². The molecule has 0 radical (unpaired) electrons. The molecule has 2 atom stereocenters. The van der Waals surface area contributed by atoms with Gasteiger partial charge in [0.1, 0.15) is 10.6 Å². The average molecular weight is 268 g/mol. The maximum Gasteiger partial charge on any atom is 0.125 e. The molecule has 1 aliphatic rings. The number of nitrogens with zero attached hydrogens (tertiary/aromatic N) is 1. The van der Waals surface area contributed by atoms with E-state index in [0.29, 0.717) is 6.04 Å². The highest BCUT2D eigenvalue weighted by molar-refractivity contribution is 7.12.